The van der Waals surface area contributed by atoms with Crippen LogP contribution in [0.2, 0.25) is 0 Å². The van der Waals surface area contributed by atoms with E-state index in [1.54, 1.807) is 0 Å². The normalized spacial score (nSPS) is 5.33. The van der Waals surface area contributed by atoms with Crippen LogP contribution >= 0.6 is 0 Å². The van der Waals surface area contributed by atoms with E-state index in [1.807, 2.05) is 0 Å². The van der Waals surface area contributed by atoms with Crippen LogP contribution < -0.4 is 23.7 Å². The Balaban J connectivity index is 0. The third kappa shape index (κ3) is 8.91. The van der Waals surface area contributed by atoms with E-state index in [4.69, 9.17) is 0 Å². The Morgan fingerprint density at radius 1 is 1.83 bits per heavy atom. The molecule has 0 aliphatic rings. The Bertz CT molecular complexity index is 62.6. The van der Waals surface area contributed by atoms with E-state index in [0.717, 1.165) is 5.70 Å². The summed E-state index contributed by atoms with van der Waals surface area (Å²) in [7, 11) is -2.61. The molecule has 0 aromatic rings. The molecule has 0 atom stereocenters. The predicted molar refractivity (Wildman–Crippen MR) is 16.6 cm³/mol. The van der Waals surface area contributed by atoms with Crippen LogP contribution in [0, 0.1) is 0 Å². The van der Waals surface area contributed by atoms with Crippen LogP contribution in [0.15, 0.2) is 12.3 Å². The first-order valence-electron chi connectivity index (χ1n) is 1.11. The van der Waals surface area contributed by atoms with Gasteiger partial charge in [0.15, 0.2) is 8.93 Å². The van der Waals surface area contributed by atoms with Gasteiger partial charge in [0.25, 0.3) is 0 Å². The van der Waals surface area contributed by atoms with Gasteiger partial charge < -0.3 is 9.26 Å². The summed E-state index contributed by atoms with van der Waals surface area (Å²) in [6.45, 7) is 2.98. The summed E-state index contributed by atoms with van der Waals surface area (Å²) in [5.41, 5.74) is 0.907. The summed E-state index contributed by atoms with van der Waals surface area (Å²) < 4.78 is 9.32. The summed E-state index contributed by atoms with van der Waals surface area (Å²) in [5.74, 6) is 0. The molecule has 0 heterocycles. The first kappa shape index (κ1) is 9.47. The Morgan fingerprint density at radius 2 is 2.00 bits per heavy atom. The van der Waals surface area contributed by atoms with Crippen molar-refractivity contribution in [3.8, 4) is 0 Å². The van der Waals surface area contributed by atoms with Crippen molar-refractivity contribution in [2.75, 3.05) is 0 Å². The van der Waals surface area contributed by atoms with Gasteiger partial charge in [-0.2, -0.15) is 0 Å². The van der Waals surface area contributed by atoms with Gasteiger partial charge in [0.2, 0.25) is 0 Å². The average molecular weight is 94.1 g/mol. The molecule has 0 saturated carbocycles. The fourth-order valence-electron chi connectivity index (χ4n) is 0. The molecule has 0 aromatic carbocycles. The Labute approximate surface area is 49.8 Å². The largest absolute Gasteiger partial charge is 1.00 e. The molecule has 4 heteroatoms. The summed E-state index contributed by atoms with van der Waals surface area (Å²) in [4.78, 5) is 9.32. The van der Waals surface area contributed by atoms with E-state index in [1.165, 1.54) is 0 Å². The predicted octanol–water partition coefficient (Wildman–Crippen LogP) is -4.01. The van der Waals surface area contributed by atoms with Crippen molar-refractivity contribution in [3.05, 3.63) is 12.3 Å². The molecule has 0 radical (unpaired) electrons. The minimum atomic E-state index is -2.61. The van der Waals surface area contributed by atoms with Crippen molar-refractivity contribution in [2.24, 2.45) is 0 Å². The van der Waals surface area contributed by atoms with Gasteiger partial charge in [-0.05, 0) is 0 Å². The second kappa shape index (κ2) is 5.15. The third-order valence-electron chi connectivity index (χ3n) is 0.167. The molecule has 0 aliphatic carbocycles. The standard InChI is InChI=1S/C2H3O2Si.Li/c1-2-5(3)4;/h2H,1H2;/q-1;+1. The van der Waals surface area contributed by atoms with Gasteiger partial charge in [-0.25, -0.2) is 0 Å². The summed E-state index contributed by atoms with van der Waals surface area (Å²) in [6.07, 6.45) is 0. The molecular formula is C2H3LiO2Si. The zero-order valence-electron chi connectivity index (χ0n) is 3.60. The zero-order valence-corrected chi connectivity index (χ0v) is 4.60. The Hall–Kier alpha value is 0.154. The zero-order chi connectivity index (χ0) is 4.28. The third-order valence-corrected chi connectivity index (χ3v) is 0.500. The van der Waals surface area contributed by atoms with Crippen molar-refractivity contribution in [3.63, 3.8) is 0 Å². The van der Waals surface area contributed by atoms with Gasteiger partial charge in [0.05, 0.1) is 0 Å². The molecule has 28 valence electrons. The van der Waals surface area contributed by atoms with Gasteiger partial charge in [-0.1, -0.05) is 5.70 Å². The van der Waals surface area contributed by atoms with Crippen molar-refractivity contribution < 1.29 is 28.1 Å². The second-order valence-electron chi connectivity index (χ2n) is 0.523. The molecule has 0 unspecified atom stereocenters. The Kier molecular flexibility index (Phi) is 8.14. The molecule has 0 aliphatic heterocycles. The first-order valence-corrected chi connectivity index (χ1v) is 2.50. The van der Waals surface area contributed by atoms with E-state index < -0.39 is 8.93 Å². The SMILES string of the molecule is C=C[Si](=O)[O-].[Li+]. The molecule has 6 heavy (non-hydrogen) atoms. The summed E-state index contributed by atoms with van der Waals surface area (Å²) in [5, 5.41) is 0. The van der Waals surface area contributed by atoms with Gasteiger partial charge >= 0.3 is 18.9 Å². The van der Waals surface area contributed by atoms with Crippen molar-refractivity contribution in [1.29, 1.82) is 0 Å². The molecule has 0 fully saturated rings. The van der Waals surface area contributed by atoms with Crippen LogP contribution in [-0.4, -0.2) is 8.93 Å². The van der Waals surface area contributed by atoms with Crippen molar-refractivity contribution in [1.82, 2.24) is 0 Å². The van der Waals surface area contributed by atoms with Crippen molar-refractivity contribution in [2.45, 2.75) is 0 Å². The molecule has 0 N–H and O–H groups in total. The maximum Gasteiger partial charge on any atom is 1.00 e. The maximum atomic E-state index is 9.32. The average Bonchev–Trinajstić information content (AvgIpc) is 1.38. The molecule has 0 aromatic heterocycles. The van der Waals surface area contributed by atoms with Gasteiger partial charge in [0.1, 0.15) is 0 Å². The van der Waals surface area contributed by atoms with Crippen molar-refractivity contribution >= 4 is 8.93 Å². The van der Waals surface area contributed by atoms with E-state index >= 15 is 0 Å². The van der Waals surface area contributed by atoms with Gasteiger partial charge in [0, 0.05) is 0 Å². The van der Waals surface area contributed by atoms with Crippen LogP contribution in [0.5, 0.6) is 0 Å². The van der Waals surface area contributed by atoms with Crippen LogP contribution in [0.25, 0.3) is 0 Å². The monoisotopic (exact) mass is 94.0 g/mol. The fourth-order valence-corrected chi connectivity index (χ4v) is 0. The quantitative estimate of drug-likeness (QED) is 0.311. The van der Waals surface area contributed by atoms with E-state index in [-0.39, 0.29) is 18.9 Å². The second-order valence-corrected chi connectivity index (χ2v) is 1.57. The molecule has 0 amide bonds. The van der Waals surface area contributed by atoms with E-state index in [2.05, 4.69) is 6.58 Å². The van der Waals surface area contributed by atoms with Gasteiger partial charge in [-0.15, -0.1) is 6.58 Å². The molecule has 0 saturated heterocycles. The molecule has 0 rings (SSSR count). The Morgan fingerprint density at radius 3 is 2.00 bits per heavy atom. The summed E-state index contributed by atoms with van der Waals surface area (Å²) in [6, 6.07) is 0. The smallest absolute Gasteiger partial charge is 0.582 e. The number of rotatable bonds is 1. The number of hydrogen-bond acceptors (Lipinski definition) is 2. The van der Waals surface area contributed by atoms with Gasteiger partial charge in [-0.3, -0.25) is 0 Å². The minimum absolute atomic E-state index is 0. The van der Waals surface area contributed by atoms with E-state index in [9.17, 15) is 9.26 Å². The molecular weight excluding hydrogens is 91.0 g/mol. The van der Waals surface area contributed by atoms with Crippen LogP contribution in [0.4, 0.5) is 0 Å². The van der Waals surface area contributed by atoms with Crippen LogP contribution in [0.3, 0.4) is 0 Å². The van der Waals surface area contributed by atoms with Crippen LogP contribution in [-0.2, 0) is 4.46 Å². The van der Waals surface area contributed by atoms with E-state index in [0.29, 0.717) is 0 Å². The number of hydrogen-bond donors (Lipinski definition) is 0. The molecule has 2 nitrogen and oxygen atoms in total. The summed E-state index contributed by atoms with van der Waals surface area (Å²) >= 11 is 0. The maximum absolute atomic E-state index is 9.32. The fraction of sp³-hybridized carbons (Fsp3) is 0. The topological polar surface area (TPSA) is 40.1 Å². The molecule has 0 bridgehead atoms. The molecule has 0 spiro atoms. The van der Waals surface area contributed by atoms with Crippen LogP contribution in [0.1, 0.15) is 0 Å². The first-order chi connectivity index (χ1) is 2.27. The minimum Gasteiger partial charge on any atom is -0.582 e.